The zero-order valence-corrected chi connectivity index (χ0v) is 10.6. The zero-order chi connectivity index (χ0) is 14.3. The van der Waals surface area contributed by atoms with E-state index in [1.165, 1.54) is 6.20 Å². The van der Waals surface area contributed by atoms with Crippen LogP contribution in [0.2, 0.25) is 0 Å². The SMILES string of the molecule is Cc1c(-c2nc3cc(N)ccc3o2)ccnc1C(=O)O. The van der Waals surface area contributed by atoms with Gasteiger partial charge in [-0.2, -0.15) is 0 Å². The summed E-state index contributed by atoms with van der Waals surface area (Å²) in [5, 5.41) is 9.08. The third kappa shape index (κ3) is 1.87. The van der Waals surface area contributed by atoms with Gasteiger partial charge in [0.05, 0.1) is 0 Å². The summed E-state index contributed by atoms with van der Waals surface area (Å²) >= 11 is 0. The number of oxazole rings is 1. The highest BCUT2D eigenvalue weighted by Crippen LogP contribution is 2.28. The summed E-state index contributed by atoms with van der Waals surface area (Å²) in [6, 6.07) is 6.84. The van der Waals surface area contributed by atoms with E-state index in [0.717, 1.165) is 0 Å². The Hall–Kier alpha value is -2.89. The third-order valence-electron chi connectivity index (χ3n) is 3.05. The van der Waals surface area contributed by atoms with Crippen molar-refractivity contribution in [3.05, 3.63) is 41.7 Å². The van der Waals surface area contributed by atoms with Crippen molar-refractivity contribution in [2.24, 2.45) is 0 Å². The maximum absolute atomic E-state index is 11.1. The van der Waals surface area contributed by atoms with E-state index in [-0.39, 0.29) is 5.69 Å². The minimum absolute atomic E-state index is 0.00994. The van der Waals surface area contributed by atoms with E-state index in [4.69, 9.17) is 15.3 Å². The number of carboxylic acid groups (broad SMARTS) is 1. The molecule has 20 heavy (non-hydrogen) atoms. The Morgan fingerprint density at radius 1 is 1.35 bits per heavy atom. The minimum atomic E-state index is -1.08. The second-order valence-corrected chi connectivity index (χ2v) is 4.38. The van der Waals surface area contributed by atoms with Gasteiger partial charge in [0, 0.05) is 17.4 Å². The molecule has 0 aliphatic carbocycles. The molecule has 0 spiro atoms. The van der Waals surface area contributed by atoms with E-state index in [9.17, 15) is 4.79 Å². The molecule has 0 saturated heterocycles. The summed E-state index contributed by atoms with van der Waals surface area (Å²) in [7, 11) is 0. The van der Waals surface area contributed by atoms with E-state index in [0.29, 0.717) is 33.8 Å². The number of aromatic nitrogens is 2. The number of pyridine rings is 1. The van der Waals surface area contributed by atoms with Crippen molar-refractivity contribution in [1.82, 2.24) is 9.97 Å². The summed E-state index contributed by atoms with van der Waals surface area (Å²) in [6.45, 7) is 1.68. The van der Waals surface area contributed by atoms with Crippen molar-refractivity contribution in [3.8, 4) is 11.5 Å². The fraction of sp³-hybridized carbons (Fsp3) is 0.0714. The van der Waals surface area contributed by atoms with Gasteiger partial charge >= 0.3 is 5.97 Å². The maximum Gasteiger partial charge on any atom is 0.354 e. The van der Waals surface area contributed by atoms with E-state index in [1.807, 2.05) is 0 Å². The van der Waals surface area contributed by atoms with Crippen LogP contribution in [0.1, 0.15) is 16.1 Å². The van der Waals surface area contributed by atoms with Crippen molar-refractivity contribution in [3.63, 3.8) is 0 Å². The number of fused-ring (bicyclic) bond motifs is 1. The Balaban J connectivity index is 2.20. The first-order valence-electron chi connectivity index (χ1n) is 5.91. The molecule has 0 radical (unpaired) electrons. The van der Waals surface area contributed by atoms with Gasteiger partial charge in [-0.1, -0.05) is 0 Å². The Morgan fingerprint density at radius 3 is 2.90 bits per heavy atom. The number of nitrogen functional groups attached to an aromatic ring is 1. The van der Waals surface area contributed by atoms with Crippen LogP contribution in [0.3, 0.4) is 0 Å². The van der Waals surface area contributed by atoms with Gasteiger partial charge in [-0.15, -0.1) is 0 Å². The molecule has 2 aromatic heterocycles. The number of nitrogens with two attached hydrogens (primary N) is 1. The Bertz CT molecular complexity index is 824. The molecular weight excluding hydrogens is 258 g/mol. The molecule has 2 heterocycles. The van der Waals surface area contributed by atoms with Gasteiger partial charge in [0.15, 0.2) is 11.3 Å². The lowest BCUT2D eigenvalue weighted by Gasteiger charge is -2.03. The largest absolute Gasteiger partial charge is 0.477 e. The number of hydrogen-bond acceptors (Lipinski definition) is 5. The average molecular weight is 269 g/mol. The molecule has 0 unspecified atom stereocenters. The molecular formula is C14H11N3O3. The van der Waals surface area contributed by atoms with Crippen LogP contribution in [0, 0.1) is 6.92 Å². The predicted octanol–water partition coefficient (Wildman–Crippen LogP) is 2.48. The predicted molar refractivity (Wildman–Crippen MR) is 73.3 cm³/mol. The second-order valence-electron chi connectivity index (χ2n) is 4.38. The average Bonchev–Trinajstić information content (AvgIpc) is 2.81. The topological polar surface area (TPSA) is 102 Å². The van der Waals surface area contributed by atoms with Gasteiger partial charge in [0.2, 0.25) is 5.89 Å². The van der Waals surface area contributed by atoms with Crippen molar-refractivity contribution >= 4 is 22.8 Å². The van der Waals surface area contributed by atoms with Crippen LogP contribution in [0.5, 0.6) is 0 Å². The lowest BCUT2D eigenvalue weighted by Crippen LogP contribution is -2.04. The molecule has 3 aromatic rings. The molecule has 100 valence electrons. The number of benzene rings is 1. The number of aromatic carboxylic acids is 1. The van der Waals surface area contributed by atoms with Crippen LogP contribution < -0.4 is 5.73 Å². The summed E-state index contributed by atoms with van der Waals surface area (Å²) in [6.07, 6.45) is 1.43. The van der Waals surface area contributed by atoms with Crippen LogP contribution >= 0.6 is 0 Å². The third-order valence-corrected chi connectivity index (χ3v) is 3.05. The number of carbonyl (C=O) groups is 1. The smallest absolute Gasteiger partial charge is 0.354 e. The standard InChI is InChI=1S/C14H11N3O3/c1-7-9(4-5-16-12(7)14(18)19)13-17-10-6-8(15)2-3-11(10)20-13/h2-6H,15H2,1H3,(H,18,19). The fourth-order valence-corrected chi connectivity index (χ4v) is 2.04. The summed E-state index contributed by atoms with van der Waals surface area (Å²) < 4.78 is 5.64. The molecule has 1 aromatic carbocycles. The van der Waals surface area contributed by atoms with Gasteiger partial charge in [0.1, 0.15) is 5.52 Å². The van der Waals surface area contributed by atoms with Gasteiger partial charge in [-0.3, -0.25) is 0 Å². The van der Waals surface area contributed by atoms with Crippen LogP contribution in [0.25, 0.3) is 22.6 Å². The van der Waals surface area contributed by atoms with Crippen LogP contribution in [0.15, 0.2) is 34.9 Å². The van der Waals surface area contributed by atoms with E-state index in [2.05, 4.69) is 9.97 Å². The monoisotopic (exact) mass is 269 g/mol. The first-order valence-corrected chi connectivity index (χ1v) is 5.91. The van der Waals surface area contributed by atoms with E-state index < -0.39 is 5.97 Å². The van der Waals surface area contributed by atoms with Crippen molar-refractivity contribution in [2.75, 3.05) is 5.73 Å². The van der Waals surface area contributed by atoms with Gasteiger partial charge < -0.3 is 15.3 Å². The van der Waals surface area contributed by atoms with Crippen LogP contribution in [-0.4, -0.2) is 21.0 Å². The Labute approximate surface area is 113 Å². The summed E-state index contributed by atoms with van der Waals surface area (Å²) in [5.41, 5.74) is 8.63. The minimum Gasteiger partial charge on any atom is -0.477 e. The number of hydrogen-bond donors (Lipinski definition) is 2. The molecule has 3 N–H and O–H groups in total. The number of anilines is 1. The Kier molecular flexibility index (Phi) is 2.64. The number of rotatable bonds is 2. The van der Waals surface area contributed by atoms with E-state index in [1.54, 1.807) is 31.2 Å². The van der Waals surface area contributed by atoms with Crippen molar-refractivity contribution in [2.45, 2.75) is 6.92 Å². The lowest BCUT2D eigenvalue weighted by atomic mass is 10.1. The molecule has 0 fully saturated rings. The number of nitrogens with zero attached hydrogens (tertiary/aromatic N) is 2. The highest BCUT2D eigenvalue weighted by Gasteiger charge is 2.16. The zero-order valence-electron chi connectivity index (χ0n) is 10.6. The summed E-state index contributed by atoms with van der Waals surface area (Å²) in [5.74, 6) is -0.724. The summed E-state index contributed by atoms with van der Waals surface area (Å²) in [4.78, 5) is 19.3. The van der Waals surface area contributed by atoms with Crippen molar-refractivity contribution in [1.29, 1.82) is 0 Å². The molecule has 3 rings (SSSR count). The molecule has 0 saturated carbocycles. The highest BCUT2D eigenvalue weighted by atomic mass is 16.4. The highest BCUT2D eigenvalue weighted by molar-refractivity contribution is 5.89. The molecule has 0 atom stereocenters. The molecule has 6 nitrogen and oxygen atoms in total. The van der Waals surface area contributed by atoms with E-state index >= 15 is 0 Å². The normalized spacial score (nSPS) is 10.8. The first-order chi connectivity index (χ1) is 9.56. The van der Waals surface area contributed by atoms with Crippen LogP contribution in [0.4, 0.5) is 5.69 Å². The van der Waals surface area contributed by atoms with Gasteiger partial charge in [-0.25, -0.2) is 14.8 Å². The van der Waals surface area contributed by atoms with Gasteiger partial charge in [0.25, 0.3) is 0 Å². The lowest BCUT2D eigenvalue weighted by molar-refractivity contribution is 0.0689. The number of carboxylic acids is 1. The van der Waals surface area contributed by atoms with Crippen LogP contribution in [-0.2, 0) is 0 Å². The maximum atomic E-state index is 11.1. The Morgan fingerprint density at radius 2 is 2.15 bits per heavy atom. The molecule has 0 aliphatic rings. The molecule has 0 aliphatic heterocycles. The fourth-order valence-electron chi connectivity index (χ4n) is 2.04. The second kappa shape index (κ2) is 4.34. The van der Waals surface area contributed by atoms with Crippen molar-refractivity contribution < 1.29 is 14.3 Å². The quantitative estimate of drug-likeness (QED) is 0.693. The molecule has 0 bridgehead atoms. The molecule has 6 heteroatoms. The first kappa shape index (κ1) is 12.2. The van der Waals surface area contributed by atoms with Gasteiger partial charge in [-0.05, 0) is 36.8 Å². The molecule has 0 amide bonds.